The fraction of sp³-hybridized carbons (Fsp3) is 0.267. The molecule has 0 spiro atoms. The number of anilines is 1. The number of thioether (sulfide) groups is 1. The van der Waals surface area contributed by atoms with Gasteiger partial charge in [0.2, 0.25) is 0 Å². The summed E-state index contributed by atoms with van der Waals surface area (Å²) in [6, 6.07) is 6.88. The first-order valence-corrected chi connectivity index (χ1v) is 8.14. The molecule has 0 unspecified atom stereocenters. The Morgan fingerprint density at radius 1 is 1.38 bits per heavy atom. The van der Waals surface area contributed by atoms with Gasteiger partial charge in [-0.25, -0.2) is 4.98 Å². The summed E-state index contributed by atoms with van der Waals surface area (Å²) in [7, 11) is 0. The summed E-state index contributed by atoms with van der Waals surface area (Å²) in [5, 5.41) is 3.35. The topological polar surface area (TPSA) is 99.2 Å². The van der Waals surface area contributed by atoms with Crippen molar-refractivity contribution in [2.45, 2.75) is 11.7 Å². The van der Waals surface area contributed by atoms with E-state index in [4.69, 9.17) is 10.5 Å². The highest BCUT2D eigenvalue weighted by Gasteiger charge is 2.19. The van der Waals surface area contributed by atoms with Crippen LogP contribution < -0.4 is 21.3 Å². The predicted molar refractivity (Wildman–Crippen MR) is 95.4 cm³/mol. The van der Waals surface area contributed by atoms with Gasteiger partial charge in [-0.2, -0.15) is 0 Å². The van der Waals surface area contributed by atoms with Crippen LogP contribution in [0.5, 0.6) is 5.75 Å². The van der Waals surface area contributed by atoms with E-state index in [9.17, 15) is 9.59 Å². The second kappa shape index (κ2) is 8.18. The van der Waals surface area contributed by atoms with Gasteiger partial charge in [0.15, 0.2) is 5.16 Å². The Hall–Kier alpha value is -2.03. The van der Waals surface area contributed by atoms with Crippen molar-refractivity contribution < 1.29 is 9.53 Å². The molecule has 0 atom stereocenters. The third kappa shape index (κ3) is 3.89. The lowest BCUT2D eigenvalue weighted by atomic mass is 10.2. The van der Waals surface area contributed by atoms with E-state index in [1.165, 1.54) is 22.5 Å². The molecular formula is C15H17ClN4O3S. The van der Waals surface area contributed by atoms with E-state index in [-0.39, 0.29) is 23.5 Å². The van der Waals surface area contributed by atoms with Crippen LogP contribution in [0.3, 0.4) is 0 Å². The first kappa shape index (κ1) is 18.3. The van der Waals surface area contributed by atoms with E-state index in [0.29, 0.717) is 36.3 Å². The van der Waals surface area contributed by atoms with Gasteiger partial charge in [0.1, 0.15) is 17.9 Å². The number of amides is 1. The quantitative estimate of drug-likeness (QED) is 0.773. The number of halogens is 1. The van der Waals surface area contributed by atoms with Crippen LogP contribution in [-0.2, 0) is 6.54 Å². The Morgan fingerprint density at radius 2 is 2.12 bits per heavy atom. The molecule has 9 heteroatoms. The van der Waals surface area contributed by atoms with Crippen LogP contribution in [0.15, 0.2) is 40.4 Å². The van der Waals surface area contributed by atoms with E-state index in [1.807, 2.05) is 0 Å². The number of hydrogen-bond donors (Lipinski definition) is 2. The molecule has 0 fully saturated rings. The maximum atomic E-state index is 12.3. The summed E-state index contributed by atoms with van der Waals surface area (Å²) >= 11 is 1.51. The average Bonchev–Trinajstić information content (AvgIpc) is 3.04. The standard InChI is InChI=1S/C15H16N4O3S.ClH/c16-5-7-22-11-3-1-10(2-4-11)18-13(20)12-9-17-15-19(14(12)21)6-8-23-15;/h1-4,9H,5-8,16H2,(H,18,20);1H. The van der Waals surface area contributed by atoms with Crippen molar-refractivity contribution in [3.63, 3.8) is 0 Å². The minimum atomic E-state index is -0.467. The Labute approximate surface area is 149 Å². The smallest absolute Gasteiger partial charge is 0.267 e. The monoisotopic (exact) mass is 368 g/mol. The maximum absolute atomic E-state index is 12.3. The van der Waals surface area contributed by atoms with Crippen molar-refractivity contribution in [3.05, 3.63) is 46.4 Å². The normalized spacial score (nSPS) is 12.2. The molecule has 3 rings (SSSR count). The molecular weight excluding hydrogens is 352 g/mol. The molecule has 24 heavy (non-hydrogen) atoms. The second-order valence-electron chi connectivity index (χ2n) is 4.88. The number of ether oxygens (including phenoxy) is 1. The molecule has 2 heterocycles. The molecule has 0 saturated heterocycles. The molecule has 128 valence electrons. The summed E-state index contributed by atoms with van der Waals surface area (Å²) in [4.78, 5) is 28.7. The number of benzene rings is 1. The lowest BCUT2D eigenvalue weighted by Crippen LogP contribution is -2.29. The van der Waals surface area contributed by atoms with Gasteiger partial charge in [0.05, 0.1) is 0 Å². The number of carbonyl (C=O) groups is 1. The summed E-state index contributed by atoms with van der Waals surface area (Å²) in [6.45, 7) is 1.45. The zero-order valence-corrected chi connectivity index (χ0v) is 14.4. The number of carbonyl (C=O) groups excluding carboxylic acids is 1. The van der Waals surface area contributed by atoms with Gasteiger partial charge in [-0.3, -0.25) is 14.2 Å². The minimum Gasteiger partial charge on any atom is -0.492 e. The first-order valence-electron chi connectivity index (χ1n) is 7.16. The molecule has 7 nitrogen and oxygen atoms in total. The van der Waals surface area contributed by atoms with Crippen molar-refractivity contribution in [2.75, 3.05) is 24.2 Å². The predicted octanol–water partition coefficient (Wildman–Crippen LogP) is 1.36. The Kier molecular flexibility index (Phi) is 6.24. The molecule has 0 radical (unpaired) electrons. The molecule has 1 amide bonds. The largest absolute Gasteiger partial charge is 0.492 e. The number of nitrogens with one attached hydrogen (secondary N) is 1. The molecule has 1 aliphatic rings. The van der Waals surface area contributed by atoms with Crippen molar-refractivity contribution >= 4 is 35.8 Å². The third-order valence-electron chi connectivity index (χ3n) is 3.30. The van der Waals surface area contributed by atoms with Gasteiger partial charge >= 0.3 is 0 Å². The van der Waals surface area contributed by atoms with Crippen LogP contribution in [0.4, 0.5) is 5.69 Å². The van der Waals surface area contributed by atoms with E-state index in [0.717, 1.165) is 5.75 Å². The fourth-order valence-corrected chi connectivity index (χ4v) is 3.10. The highest BCUT2D eigenvalue weighted by Crippen LogP contribution is 2.21. The summed E-state index contributed by atoms with van der Waals surface area (Å²) in [5.41, 5.74) is 5.68. The van der Waals surface area contributed by atoms with E-state index < -0.39 is 5.91 Å². The summed E-state index contributed by atoms with van der Waals surface area (Å²) in [6.07, 6.45) is 1.33. The van der Waals surface area contributed by atoms with Crippen LogP contribution >= 0.6 is 24.2 Å². The summed E-state index contributed by atoms with van der Waals surface area (Å²) in [5.74, 6) is 1.01. The maximum Gasteiger partial charge on any atom is 0.267 e. The average molecular weight is 369 g/mol. The van der Waals surface area contributed by atoms with Crippen molar-refractivity contribution in [2.24, 2.45) is 5.73 Å². The van der Waals surface area contributed by atoms with Gasteiger partial charge in [0, 0.05) is 30.7 Å². The number of nitrogens with two attached hydrogens (primary N) is 1. The summed E-state index contributed by atoms with van der Waals surface area (Å²) < 4.78 is 6.90. The molecule has 0 saturated carbocycles. The van der Waals surface area contributed by atoms with Crippen LogP contribution in [0.25, 0.3) is 0 Å². The second-order valence-corrected chi connectivity index (χ2v) is 5.94. The Balaban J connectivity index is 0.00000208. The van der Waals surface area contributed by atoms with Gasteiger partial charge < -0.3 is 15.8 Å². The highest BCUT2D eigenvalue weighted by molar-refractivity contribution is 7.99. The van der Waals surface area contributed by atoms with Gasteiger partial charge in [-0.05, 0) is 24.3 Å². The van der Waals surface area contributed by atoms with Crippen LogP contribution in [0.2, 0.25) is 0 Å². The van der Waals surface area contributed by atoms with Crippen LogP contribution in [-0.4, -0.2) is 34.4 Å². The van der Waals surface area contributed by atoms with Crippen molar-refractivity contribution in [1.29, 1.82) is 0 Å². The van der Waals surface area contributed by atoms with E-state index in [2.05, 4.69) is 10.3 Å². The lowest BCUT2D eigenvalue weighted by Gasteiger charge is -2.08. The van der Waals surface area contributed by atoms with Crippen LogP contribution in [0.1, 0.15) is 10.4 Å². The molecule has 0 bridgehead atoms. The molecule has 1 aliphatic heterocycles. The third-order valence-corrected chi connectivity index (χ3v) is 4.27. The van der Waals surface area contributed by atoms with Gasteiger partial charge in [-0.1, -0.05) is 11.8 Å². The SMILES string of the molecule is Cl.NCCOc1ccc(NC(=O)c2cnc3n(c2=O)CCS3)cc1. The molecule has 2 aromatic rings. The first-order chi connectivity index (χ1) is 11.2. The molecule has 1 aromatic heterocycles. The number of hydrogen-bond acceptors (Lipinski definition) is 6. The van der Waals surface area contributed by atoms with Gasteiger partial charge in [-0.15, -0.1) is 12.4 Å². The number of rotatable bonds is 5. The lowest BCUT2D eigenvalue weighted by molar-refractivity contribution is 0.102. The number of nitrogens with zero attached hydrogens (tertiary/aromatic N) is 2. The van der Waals surface area contributed by atoms with Crippen molar-refractivity contribution in [3.8, 4) is 5.75 Å². The molecule has 3 N–H and O–H groups in total. The Bertz CT molecular complexity index is 779. The zero-order valence-electron chi connectivity index (χ0n) is 12.7. The molecule has 1 aromatic carbocycles. The number of fused-ring (bicyclic) bond motifs is 1. The molecule has 0 aliphatic carbocycles. The zero-order chi connectivity index (χ0) is 16.2. The highest BCUT2D eigenvalue weighted by atomic mass is 35.5. The van der Waals surface area contributed by atoms with E-state index in [1.54, 1.807) is 24.3 Å². The Morgan fingerprint density at radius 3 is 2.83 bits per heavy atom. The minimum absolute atomic E-state index is 0. The van der Waals surface area contributed by atoms with E-state index >= 15 is 0 Å². The fourth-order valence-electron chi connectivity index (χ4n) is 2.18. The van der Waals surface area contributed by atoms with Crippen molar-refractivity contribution in [1.82, 2.24) is 9.55 Å². The van der Waals surface area contributed by atoms with Gasteiger partial charge in [0.25, 0.3) is 11.5 Å². The number of aromatic nitrogens is 2. The van der Waals surface area contributed by atoms with Crippen LogP contribution in [0, 0.1) is 0 Å².